The zero-order chi connectivity index (χ0) is 24.6. The molecule has 0 aliphatic carbocycles. The maximum atomic E-state index is 13.6. The largest absolute Gasteiger partial charge is 0.330 e. The Morgan fingerprint density at radius 3 is 2.76 bits per heavy atom. The third-order valence-corrected chi connectivity index (χ3v) is 6.63. The second-order valence-electron chi connectivity index (χ2n) is 8.77. The van der Waals surface area contributed by atoms with Gasteiger partial charge < -0.3 is 10.3 Å². The first kappa shape index (κ1) is 24.2. The van der Waals surface area contributed by atoms with Gasteiger partial charge in [-0.3, -0.25) is 9.52 Å². The molecule has 0 radical (unpaired) electrons. The number of aryl methyl sites for hydroxylation is 1. The molecule has 1 amide bonds. The van der Waals surface area contributed by atoms with Crippen LogP contribution in [0.15, 0.2) is 30.5 Å². The van der Waals surface area contributed by atoms with E-state index in [0.717, 1.165) is 42.5 Å². The first-order chi connectivity index (χ1) is 16.0. The number of hydrogen-bond acceptors (Lipinski definition) is 6. The van der Waals surface area contributed by atoms with Gasteiger partial charge in [0.2, 0.25) is 10.0 Å². The van der Waals surface area contributed by atoms with E-state index in [1.807, 2.05) is 19.2 Å². The van der Waals surface area contributed by atoms with Crippen LogP contribution in [0.2, 0.25) is 5.02 Å². The predicted octanol–water partition coefficient (Wildman–Crippen LogP) is 4.01. The lowest BCUT2D eigenvalue weighted by atomic mass is 9.98. The molecule has 9 nitrogen and oxygen atoms in total. The van der Waals surface area contributed by atoms with Crippen LogP contribution in [0.5, 0.6) is 0 Å². The molecule has 0 saturated carbocycles. The molecule has 1 aromatic carbocycles. The number of anilines is 1. The van der Waals surface area contributed by atoms with E-state index in [-0.39, 0.29) is 23.2 Å². The molecule has 180 valence electrons. The van der Waals surface area contributed by atoms with E-state index in [4.69, 9.17) is 22.1 Å². The predicted molar refractivity (Wildman–Crippen MR) is 132 cm³/mol. The molecular weight excluding hydrogens is 476 g/mol. The molecule has 0 spiro atoms. The molecule has 1 fully saturated rings. The van der Waals surface area contributed by atoms with Gasteiger partial charge in [-0.15, -0.1) is 0 Å². The number of amides is 1. The van der Waals surface area contributed by atoms with Crippen LogP contribution in [0.4, 0.5) is 5.69 Å². The minimum absolute atomic E-state index is 0.195. The molecule has 0 bridgehead atoms. The summed E-state index contributed by atoms with van der Waals surface area (Å²) in [6.45, 7) is 4.21. The number of halogens is 1. The van der Waals surface area contributed by atoms with Gasteiger partial charge in [0.1, 0.15) is 0 Å². The maximum absolute atomic E-state index is 13.6. The van der Waals surface area contributed by atoms with Crippen LogP contribution in [0.25, 0.3) is 5.65 Å². The molecule has 3 heterocycles. The smallest absolute Gasteiger partial charge is 0.256 e. The van der Waals surface area contributed by atoms with Gasteiger partial charge >= 0.3 is 0 Å². The van der Waals surface area contributed by atoms with Gasteiger partial charge in [0.05, 0.1) is 34.9 Å². The van der Waals surface area contributed by atoms with Crippen molar-refractivity contribution in [3.63, 3.8) is 0 Å². The fourth-order valence-electron chi connectivity index (χ4n) is 4.28. The summed E-state index contributed by atoms with van der Waals surface area (Å²) in [5, 5.41) is 12.8. The lowest BCUT2D eigenvalue weighted by Gasteiger charge is -2.35. The summed E-state index contributed by atoms with van der Waals surface area (Å²) in [7, 11) is -3.58. The Bertz CT molecular complexity index is 1380. The van der Waals surface area contributed by atoms with Gasteiger partial charge in [-0.05, 0) is 56.9 Å². The summed E-state index contributed by atoms with van der Waals surface area (Å²) in [6, 6.07) is 6.14. The van der Waals surface area contributed by atoms with Crippen molar-refractivity contribution in [3.05, 3.63) is 58.0 Å². The van der Waals surface area contributed by atoms with Crippen LogP contribution in [-0.2, 0) is 16.4 Å². The number of nitrogens with one attached hydrogen (secondary N) is 2. The van der Waals surface area contributed by atoms with E-state index in [1.165, 1.54) is 12.1 Å². The first-order valence-electron chi connectivity index (χ1n) is 11.0. The number of piperidine rings is 1. The van der Waals surface area contributed by atoms with Crippen molar-refractivity contribution in [2.24, 2.45) is 0 Å². The highest BCUT2D eigenvalue weighted by atomic mass is 35.5. The SMILES string of the molecule is CC(=N)Cc1nc2cc([C@@H]3CCCCN3C(=O)c3cc(Cl)ccc3NS(C)(=O)=O)nn2cc1C. The number of hydrogen-bond donors (Lipinski definition) is 2. The number of aromatic nitrogens is 3. The Morgan fingerprint density at radius 2 is 2.06 bits per heavy atom. The fourth-order valence-corrected chi connectivity index (χ4v) is 5.03. The minimum atomic E-state index is -3.58. The summed E-state index contributed by atoms with van der Waals surface area (Å²) >= 11 is 6.16. The quantitative estimate of drug-likeness (QED) is 0.493. The molecule has 2 N–H and O–H groups in total. The van der Waals surface area contributed by atoms with Crippen LogP contribution >= 0.6 is 11.6 Å². The van der Waals surface area contributed by atoms with Crippen molar-refractivity contribution in [1.29, 1.82) is 5.41 Å². The highest BCUT2D eigenvalue weighted by Crippen LogP contribution is 2.34. The normalized spacial score (nSPS) is 16.6. The highest BCUT2D eigenvalue weighted by Gasteiger charge is 2.32. The molecule has 2 aromatic heterocycles. The van der Waals surface area contributed by atoms with Crippen molar-refractivity contribution in [2.45, 2.75) is 45.6 Å². The number of fused-ring (bicyclic) bond motifs is 1. The van der Waals surface area contributed by atoms with Crippen molar-refractivity contribution in [1.82, 2.24) is 19.5 Å². The fraction of sp³-hybridized carbons (Fsp3) is 0.391. The van der Waals surface area contributed by atoms with Gasteiger partial charge in [-0.2, -0.15) is 5.10 Å². The van der Waals surface area contributed by atoms with Crippen LogP contribution in [0.3, 0.4) is 0 Å². The molecule has 3 aromatic rings. The third-order valence-electron chi connectivity index (χ3n) is 5.80. The molecule has 0 unspecified atom stereocenters. The summed E-state index contributed by atoms with van der Waals surface area (Å²) < 4.78 is 27.8. The number of benzene rings is 1. The van der Waals surface area contributed by atoms with Gasteiger partial charge in [0.15, 0.2) is 5.65 Å². The van der Waals surface area contributed by atoms with Crippen LogP contribution in [0, 0.1) is 12.3 Å². The van der Waals surface area contributed by atoms with E-state index in [2.05, 4.69) is 9.71 Å². The van der Waals surface area contributed by atoms with Gasteiger partial charge in [-0.25, -0.2) is 17.9 Å². The molecule has 34 heavy (non-hydrogen) atoms. The highest BCUT2D eigenvalue weighted by molar-refractivity contribution is 7.92. The first-order valence-corrected chi connectivity index (χ1v) is 13.3. The van der Waals surface area contributed by atoms with E-state index < -0.39 is 10.0 Å². The average molecular weight is 503 g/mol. The Balaban J connectivity index is 1.71. The van der Waals surface area contributed by atoms with E-state index in [0.29, 0.717) is 29.3 Å². The molecule has 1 saturated heterocycles. The molecule has 1 aliphatic heterocycles. The Labute approximate surface area is 203 Å². The van der Waals surface area contributed by atoms with Crippen molar-refractivity contribution in [2.75, 3.05) is 17.5 Å². The Kier molecular flexibility index (Phi) is 6.64. The van der Waals surface area contributed by atoms with Crippen LogP contribution in [0.1, 0.15) is 59.5 Å². The van der Waals surface area contributed by atoms with E-state index in [1.54, 1.807) is 22.4 Å². The molecule has 1 aliphatic rings. The van der Waals surface area contributed by atoms with Crippen molar-refractivity contribution >= 4 is 44.6 Å². The van der Waals surface area contributed by atoms with Crippen LogP contribution in [-0.4, -0.2) is 52.3 Å². The van der Waals surface area contributed by atoms with E-state index in [9.17, 15) is 13.2 Å². The summed E-state index contributed by atoms with van der Waals surface area (Å²) in [5.41, 5.74) is 4.09. The van der Waals surface area contributed by atoms with Crippen molar-refractivity contribution in [3.8, 4) is 0 Å². The monoisotopic (exact) mass is 502 g/mol. The molecule has 4 rings (SSSR count). The van der Waals surface area contributed by atoms with Gasteiger partial charge in [0, 0.05) is 36.0 Å². The topological polar surface area (TPSA) is 121 Å². The summed E-state index contributed by atoms with van der Waals surface area (Å²) in [6.07, 6.45) is 5.92. The number of carbonyl (C=O) groups excluding carboxylic acids is 1. The summed E-state index contributed by atoms with van der Waals surface area (Å²) in [4.78, 5) is 20.1. The number of sulfonamides is 1. The Morgan fingerprint density at radius 1 is 1.29 bits per heavy atom. The lowest BCUT2D eigenvalue weighted by Crippen LogP contribution is -2.39. The number of carbonyl (C=O) groups is 1. The summed E-state index contributed by atoms with van der Waals surface area (Å²) in [5.74, 6) is -0.306. The van der Waals surface area contributed by atoms with Crippen molar-refractivity contribution < 1.29 is 13.2 Å². The number of rotatable bonds is 6. The second kappa shape index (κ2) is 9.34. The number of nitrogens with zero attached hydrogens (tertiary/aromatic N) is 4. The zero-order valence-corrected chi connectivity index (χ0v) is 20.9. The molecule has 11 heteroatoms. The van der Waals surface area contributed by atoms with Gasteiger partial charge in [0.25, 0.3) is 5.91 Å². The maximum Gasteiger partial charge on any atom is 0.256 e. The molecule has 1 atom stereocenters. The van der Waals surface area contributed by atoms with Gasteiger partial charge in [-0.1, -0.05) is 11.6 Å². The Hall–Kier alpha value is -2.98. The second-order valence-corrected chi connectivity index (χ2v) is 11.0. The van der Waals surface area contributed by atoms with E-state index >= 15 is 0 Å². The standard InChI is InChI=1S/C23H27ClN6O3S/c1-14-13-30-22(26-19(14)10-15(2)25)12-20(27-30)21-6-4-5-9-29(21)23(31)17-11-16(24)7-8-18(17)28-34(3,32)33/h7-8,11-13,21,25,28H,4-6,9-10H2,1-3H3/t21-/m0/s1. The molecular formula is C23H27ClN6O3S. The third kappa shape index (κ3) is 5.23. The number of likely N-dealkylation sites (tertiary alicyclic amines) is 1. The minimum Gasteiger partial charge on any atom is -0.330 e. The lowest BCUT2D eigenvalue weighted by molar-refractivity contribution is 0.0607. The van der Waals surface area contributed by atoms with Crippen LogP contribution < -0.4 is 4.72 Å². The zero-order valence-electron chi connectivity index (χ0n) is 19.3. The average Bonchev–Trinajstić information content (AvgIpc) is 3.16.